The number of ether oxygens (including phenoxy) is 2. The third-order valence-electron chi connectivity index (χ3n) is 2.29. The topological polar surface area (TPSA) is 55.8 Å². The minimum Gasteiger partial charge on any atom is -0.483 e. The first-order chi connectivity index (χ1) is 7.37. The molecular weight excluding hydrogens is 232 g/mol. The third-order valence-corrected chi connectivity index (χ3v) is 2.51. The van der Waals surface area contributed by atoms with Crippen LogP contribution < -0.4 is 9.47 Å². The second-order valence-corrected chi connectivity index (χ2v) is 4.74. The van der Waals surface area contributed by atoms with Crippen LogP contribution in [0.25, 0.3) is 0 Å². The molecule has 0 amide bonds. The Hall–Kier alpha value is -1.42. The molecule has 0 aliphatic carbocycles. The maximum absolute atomic E-state index is 10.5. The smallest absolute Gasteiger partial charge is 0.483 e. The quantitative estimate of drug-likeness (QED) is 0.607. The first-order valence-electron chi connectivity index (χ1n) is 4.80. The molecule has 0 fully saturated rings. The van der Waals surface area contributed by atoms with Crippen LogP contribution in [0.5, 0.6) is 11.5 Å². The first-order valence-corrected chi connectivity index (χ1v) is 5.17. The van der Waals surface area contributed by atoms with Crippen LogP contribution in [0.1, 0.15) is 19.4 Å². The number of hydrogen-bond donors (Lipinski definition) is 1. The lowest BCUT2D eigenvalue weighted by molar-refractivity contribution is 0.123. The highest BCUT2D eigenvalue weighted by molar-refractivity contribution is 6.30. The van der Waals surface area contributed by atoms with Crippen LogP contribution in [0.3, 0.4) is 0 Å². The van der Waals surface area contributed by atoms with E-state index in [0.29, 0.717) is 17.2 Å². The van der Waals surface area contributed by atoms with Gasteiger partial charge in [0.05, 0.1) is 0 Å². The van der Waals surface area contributed by atoms with E-state index in [4.69, 9.17) is 21.4 Å². The van der Waals surface area contributed by atoms with Crippen molar-refractivity contribution in [1.82, 2.24) is 0 Å². The lowest BCUT2D eigenvalue weighted by Crippen LogP contribution is -2.24. The third kappa shape index (κ3) is 2.07. The number of hydrogen-bond acceptors (Lipinski definition) is 3. The SMILES string of the molecule is CC1(C)Cc2cc(Cl)cc(OC(=O)O)c2O1. The molecule has 2 rings (SSSR count). The number of halogens is 1. The molecule has 86 valence electrons. The van der Waals surface area contributed by atoms with Crippen molar-refractivity contribution in [2.75, 3.05) is 0 Å². The van der Waals surface area contributed by atoms with Crippen molar-refractivity contribution in [2.45, 2.75) is 25.9 Å². The number of rotatable bonds is 1. The number of fused-ring (bicyclic) bond motifs is 1. The zero-order chi connectivity index (χ0) is 11.9. The Morgan fingerprint density at radius 3 is 2.88 bits per heavy atom. The molecule has 0 radical (unpaired) electrons. The van der Waals surface area contributed by atoms with Crippen molar-refractivity contribution in [3.63, 3.8) is 0 Å². The number of carboxylic acid groups (broad SMARTS) is 1. The highest BCUT2D eigenvalue weighted by Crippen LogP contribution is 2.43. The Morgan fingerprint density at radius 1 is 1.56 bits per heavy atom. The summed E-state index contributed by atoms with van der Waals surface area (Å²) in [6.45, 7) is 3.84. The maximum Gasteiger partial charge on any atom is 0.511 e. The summed E-state index contributed by atoms with van der Waals surface area (Å²) in [4.78, 5) is 10.5. The second-order valence-electron chi connectivity index (χ2n) is 4.30. The normalized spacial score (nSPS) is 16.4. The van der Waals surface area contributed by atoms with Gasteiger partial charge >= 0.3 is 6.16 Å². The highest BCUT2D eigenvalue weighted by Gasteiger charge is 2.33. The molecule has 1 aliphatic heterocycles. The predicted molar refractivity (Wildman–Crippen MR) is 58.5 cm³/mol. The standard InChI is InChI=1S/C11H11ClO4/c1-11(2)5-6-3-7(12)4-8(9(6)16-11)15-10(13)14/h3-4H,5H2,1-2H3,(H,13,14). The van der Waals surface area contributed by atoms with Gasteiger partial charge in [0.2, 0.25) is 0 Å². The van der Waals surface area contributed by atoms with Crippen LogP contribution >= 0.6 is 11.6 Å². The molecule has 4 nitrogen and oxygen atoms in total. The zero-order valence-electron chi connectivity index (χ0n) is 8.91. The molecule has 1 aliphatic rings. The molecular formula is C11H11ClO4. The summed E-state index contributed by atoms with van der Waals surface area (Å²) in [5.41, 5.74) is 0.512. The molecule has 1 N–H and O–H groups in total. The van der Waals surface area contributed by atoms with E-state index in [1.54, 1.807) is 6.07 Å². The molecule has 0 unspecified atom stereocenters. The van der Waals surface area contributed by atoms with Gasteiger partial charge in [-0.05, 0) is 19.9 Å². The average molecular weight is 243 g/mol. The summed E-state index contributed by atoms with van der Waals surface area (Å²) in [5.74, 6) is 0.623. The van der Waals surface area contributed by atoms with Crippen LogP contribution in [0.15, 0.2) is 12.1 Å². The summed E-state index contributed by atoms with van der Waals surface area (Å²) >= 11 is 5.88. The summed E-state index contributed by atoms with van der Waals surface area (Å²) in [5, 5.41) is 9.04. The highest BCUT2D eigenvalue weighted by atomic mass is 35.5. The number of carbonyl (C=O) groups is 1. The zero-order valence-corrected chi connectivity index (χ0v) is 9.67. The minimum atomic E-state index is -1.38. The van der Waals surface area contributed by atoms with Gasteiger partial charge in [-0.25, -0.2) is 4.79 Å². The lowest BCUT2D eigenvalue weighted by atomic mass is 10.0. The molecule has 1 aromatic rings. The Kier molecular flexibility index (Phi) is 2.46. The van der Waals surface area contributed by atoms with Crippen LogP contribution in [0, 0.1) is 0 Å². The predicted octanol–water partition coefficient (Wildman–Crippen LogP) is 3.11. The van der Waals surface area contributed by atoms with E-state index in [1.165, 1.54) is 6.07 Å². The van der Waals surface area contributed by atoms with Crippen molar-refractivity contribution in [2.24, 2.45) is 0 Å². The van der Waals surface area contributed by atoms with Crippen LogP contribution in [-0.2, 0) is 6.42 Å². The Bertz CT molecular complexity index is 454. The lowest BCUT2D eigenvalue weighted by Gasteiger charge is -2.17. The van der Waals surface area contributed by atoms with Gasteiger partial charge in [0.1, 0.15) is 5.60 Å². The summed E-state index contributed by atoms with van der Waals surface area (Å²) in [6.07, 6.45) is -0.698. The van der Waals surface area contributed by atoms with Gasteiger partial charge < -0.3 is 14.6 Å². The molecule has 0 saturated heterocycles. The van der Waals surface area contributed by atoms with E-state index >= 15 is 0 Å². The van der Waals surface area contributed by atoms with Crippen molar-refractivity contribution in [3.8, 4) is 11.5 Å². The summed E-state index contributed by atoms with van der Waals surface area (Å²) in [7, 11) is 0. The fourth-order valence-corrected chi connectivity index (χ4v) is 2.04. The van der Waals surface area contributed by atoms with E-state index in [9.17, 15) is 4.79 Å². The monoisotopic (exact) mass is 242 g/mol. The van der Waals surface area contributed by atoms with E-state index in [2.05, 4.69) is 4.74 Å². The van der Waals surface area contributed by atoms with Crippen molar-refractivity contribution in [1.29, 1.82) is 0 Å². The van der Waals surface area contributed by atoms with E-state index < -0.39 is 6.16 Å². The Labute approximate surface area is 97.7 Å². The fraction of sp³-hybridized carbons (Fsp3) is 0.364. The fourth-order valence-electron chi connectivity index (χ4n) is 1.81. The summed E-state index contributed by atoms with van der Waals surface area (Å²) < 4.78 is 10.3. The van der Waals surface area contributed by atoms with Gasteiger partial charge in [0.15, 0.2) is 11.5 Å². The Balaban J connectivity index is 2.45. The molecule has 16 heavy (non-hydrogen) atoms. The molecule has 0 bridgehead atoms. The van der Waals surface area contributed by atoms with E-state index in [0.717, 1.165) is 5.56 Å². The van der Waals surface area contributed by atoms with Crippen LogP contribution in [0.4, 0.5) is 4.79 Å². The molecule has 0 aromatic heterocycles. The molecule has 5 heteroatoms. The molecule has 1 aromatic carbocycles. The minimum absolute atomic E-state index is 0.153. The van der Waals surface area contributed by atoms with Gasteiger partial charge in [-0.2, -0.15) is 0 Å². The van der Waals surface area contributed by atoms with Gasteiger partial charge in [0, 0.05) is 23.1 Å². The molecule has 0 atom stereocenters. The van der Waals surface area contributed by atoms with Crippen LogP contribution in [0.2, 0.25) is 5.02 Å². The van der Waals surface area contributed by atoms with Gasteiger partial charge in [-0.1, -0.05) is 11.6 Å². The van der Waals surface area contributed by atoms with Crippen molar-refractivity contribution in [3.05, 3.63) is 22.7 Å². The van der Waals surface area contributed by atoms with Crippen LogP contribution in [-0.4, -0.2) is 16.9 Å². The van der Waals surface area contributed by atoms with Gasteiger partial charge in [0.25, 0.3) is 0 Å². The van der Waals surface area contributed by atoms with E-state index in [1.807, 2.05) is 13.8 Å². The number of benzene rings is 1. The second kappa shape index (κ2) is 3.56. The van der Waals surface area contributed by atoms with Crippen molar-refractivity contribution >= 4 is 17.8 Å². The first kappa shape index (κ1) is 11.1. The average Bonchev–Trinajstić information content (AvgIpc) is 2.38. The molecule has 1 heterocycles. The van der Waals surface area contributed by atoms with Crippen molar-refractivity contribution < 1.29 is 19.4 Å². The largest absolute Gasteiger partial charge is 0.511 e. The van der Waals surface area contributed by atoms with Gasteiger partial charge in [-0.15, -0.1) is 0 Å². The van der Waals surface area contributed by atoms with E-state index in [-0.39, 0.29) is 11.4 Å². The Morgan fingerprint density at radius 2 is 2.25 bits per heavy atom. The molecule has 0 saturated carbocycles. The summed E-state index contributed by atoms with van der Waals surface area (Å²) in [6, 6.07) is 3.20. The molecule has 0 spiro atoms. The van der Waals surface area contributed by atoms with Gasteiger partial charge in [-0.3, -0.25) is 0 Å². The maximum atomic E-state index is 10.5.